The summed E-state index contributed by atoms with van der Waals surface area (Å²) in [6.07, 6.45) is 3.49. The van der Waals surface area contributed by atoms with E-state index in [0.717, 1.165) is 35.9 Å². The van der Waals surface area contributed by atoms with E-state index in [1.807, 2.05) is 12.1 Å². The van der Waals surface area contributed by atoms with Gasteiger partial charge < -0.3 is 15.6 Å². The average Bonchev–Trinajstić information content (AvgIpc) is 2.72. The van der Waals surface area contributed by atoms with E-state index < -0.39 is 0 Å². The predicted molar refractivity (Wildman–Crippen MR) is 75.7 cm³/mol. The Morgan fingerprint density at radius 3 is 2.83 bits per heavy atom. The summed E-state index contributed by atoms with van der Waals surface area (Å²) < 4.78 is 6.17. The molecule has 1 aliphatic carbocycles. The van der Waals surface area contributed by atoms with Crippen LogP contribution in [-0.4, -0.2) is 24.9 Å². The number of hydrogen-bond acceptors (Lipinski definition) is 3. The molecule has 4 heteroatoms. The van der Waals surface area contributed by atoms with Gasteiger partial charge in [0, 0.05) is 12.0 Å². The van der Waals surface area contributed by atoms with Crippen molar-refractivity contribution in [2.75, 3.05) is 13.7 Å². The topological polar surface area (TPSA) is 55.5 Å². The fourth-order valence-electron chi connectivity index (χ4n) is 2.86. The molecule has 3 nitrogen and oxygen atoms in total. The van der Waals surface area contributed by atoms with Crippen LogP contribution >= 0.6 is 15.9 Å². The van der Waals surface area contributed by atoms with Crippen LogP contribution in [0.25, 0.3) is 0 Å². The van der Waals surface area contributed by atoms with E-state index in [9.17, 15) is 5.11 Å². The first-order chi connectivity index (χ1) is 8.61. The fourth-order valence-corrected chi connectivity index (χ4v) is 3.45. The highest BCUT2D eigenvalue weighted by Crippen LogP contribution is 2.41. The van der Waals surface area contributed by atoms with Crippen LogP contribution < -0.4 is 10.5 Å². The lowest BCUT2D eigenvalue weighted by Crippen LogP contribution is -2.39. The van der Waals surface area contributed by atoms with Gasteiger partial charge in [-0.05, 0) is 52.9 Å². The maximum atomic E-state index is 10.2. The van der Waals surface area contributed by atoms with Crippen LogP contribution in [-0.2, 0) is 6.42 Å². The molecule has 0 aliphatic heterocycles. The second-order valence-corrected chi connectivity index (χ2v) is 5.97. The Balaban J connectivity index is 2.20. The number of nitrogens with two attached hydrogens (primary N) is 1. The van der Waals surface area contributed by atoms with Crippen LogP contribution in [0.2, 0.25) is 0 Å². The summed E-state index contributed by atoms with van der Waals surface area (Å²) in [6.45, 7) is 0.539. The Hall–Kier alpha value is -0.580. The molecule has 1 aromatic carbocycles. The number of hydrogen-bond donors (Lipinski definition) is 2. The minimum Gasteiger partial charge on any atom is -0.496 e. The van der Waals surface area contributed by atoms with Crippen LogP contribution in [0.4, 0.5) is 0 Å². The summed E-state index contributed by atoms with van der Waals surface area (Å²) in [6, 6.07) is 6.05. The van der Waals surface area contributed by atoms with Gasteiger partial charge in [-0.15, -0.1) is 0 Å². The maximum Gasteiger partial charge on any atom is 0.133 e. The van der Waals surface area contributed by atoms with Crippen molar-refractivity contribution in [2.45, 2.75) is 31.8 Å². The first-order valence-electron chi connectivity index (χ1n) is 6.32. The third kappa shape index (κ3) is 2.56. The molecule has 0 bridgehead atoms. The summed E-state index contributed by atoms with van der Waals surface area (Å²) in [7, 11) is 1.65. The van der Waals surface area contributed by atoms with Crippen molar-refractivity contribution in [3.05, 3.63) is 28.2 Å². The zero-order valence-corrected chi connectivity index (χ0v) is 12.2. The second-order valence-electron chi connectivity index (χ2n) is 5.12. The molecule has 0 radical (unpaired) electrons. The minimum absolute atomic E-state index is 0.145. The van der Waals surface area contributed by atoms with Crippen molar-refractivity contribution in [3.8, 4) is 5.75 Å². The summed E-state index contributed by atoms with van der Waals surface area (Å²) in [4.78, 5) is 0. The zero-order valence-electron chi connectivity index (χ0n) is 10.7. The number of methoxy groups -OCH3 is 1. The monoisotopic (exact) mass is 313 g/mol. The molecule has 0 aromatic heterocycles. The van der Waals surface area contributed by atoms with E-state index in [1.165, 1.54) is 5.56 Å². The molecule has 2 atom stereocenters. The largest absolute Gasteiger partial charge is 0.496 e. The Bertz CT molecular complexity index is 424. The predicted octanol–water partition coefficient (Wildman–Crippen LogP) is 2.49. The molecule has 18 heavy (non-hydrogen) atoms. The summed E-state index contributed by atoms with van der Waals surface area (Å²) in [5.41, 5.74) is 6.95. The number of aliphatic hydroxyl groups excluding tert-OH is 1. The Morgan fingerprint density at radius 2 is 2.33 bits per heavy atom. The second kappa shape index (κ2) is 5.59. The molecule has 1 aliphatic rings. The van der Waals surface area contributed by atoms with Gasteiger partial charge in [0.2, 0.25) is 0 Å². The van der Waals surface area contributed by atoms with Gasteiger partial charge in [-0.25, -0.2) is 0 Å². The number of benzene rings is 1. The molecule has 0 saturated heterocycles. The molecule has 1 fully saturated rings. The van der Waals surface area contributed by atoms with Crippen molar-refractivity contribution in [1.82, 2.24) is 0 Å². The summed E-state index contributed by atoms with van der Waals surface area (Å²) >= 11 is 3.49. The number of halogens is 1. The first-order valence-corrected chi connectivity index (χ1v) is 7.11. The van der Waals surface area contributed by atoms with E-state index in [4.69, 9.17) is 10.5 Å². The highest BCUT2D eigenvalue weighted by Gasteiger charge is 2.40. The van der Waals surface area contributed by atoms with Crippen molar-refractivity contribution in [3.63, 3.8) is 0 Å². The van der Waals surface area contributed by atoms with E-state index in [1.54, 1.807) is 7.11 Å². The molecule has 100 valence electrons. The quantitative estimate of drug-likeness (QED) is 0.898. The Labute approximate surface area is 116 Å². The summed E-state index contributed by atoms with van der Waals surface area (Å²) in [5.74, 6) is 0.826. The molecular weight excluding hydrogens is 294 g/mol. The molecule has 1 aromatic rings. The van der Waals surface area contributed by atoms with E-state index in [-0.39, 0.29) is 11.5 Å². The van der Waals surface area contributed by atoms with Gasteiger partial charge in [-0.1, -0.05) is 12.5 Å². The van der Waals surface area contributed by atoms with Gasteiger partial charge in [0.25, 0.3) is 0 Å². The zero-order chi connectivity index (χ0) is 13.2. The van der Waals surface area contributed by atoms with Crippen molar-refractivity contribution in [1.29, 1.82) is 0 Å². The first kappa shape index (κ1) is 13.8. The molecular formula is C14H20BrNO2. The fraction of sp³-hybridized carbons (Fsp3) is 0.571. The van der Waals surface area contributed by atoms with Gasteiger partial charge in [0.05, 0.1) is 17.7 Å². The van der Waals surface area contributed by atoms with Gasteiger partial charge in [-0.3, -0.25) is 0 Å². The van der Waals surface area contributed by atoms with E-state index >= 15 is 0 Å². The third-order valence-corrected chi connectivity index (χ3v) is 4.66. The smallest absolute Gasteiger partial charge is 0.133 e. The van der Waals surface area contributed by atoms with Gasteiger partial charge in [-0.2, -0.15) is 0 Å². The molecule has 3 N–H and O–H groups in total. The average molecular weight is 314 g/mol. The Morgan fingerprint density at radius 1 is 1.56 bits per heavy atom. The SMILES string of the molecule is COc1ccc(CC2(CN)CCCC2O)cc1Br. The normalized spacial score (nSPS) is 27.4. The highest BCUT2D eigenvalue weighted by molar-refractivity contribution is 9.10. The standard InChI is InChI=1S/C14H20BrNO2/c1-18-12-5-4-10(7-11(12)15)8-14(9-16)6-2-3-13(14)17/h4-5,7,13,17H,2-3,6,8-9,16H2,1H3. The molecule has 0 heterocycles. The molecule has 2 unspecified atom stereocenters. The minimum atomic E-state index is -0.275. The third-order valence-electron chi connectivity index (χ3n) is 4.04. The molecule has 2 rings (SSSR count). The van der Waals surface area contributed by atoms with Crippen molar-refractivity contribution >= 4 is 15.9 Å². The van der Waals surface area contributed by atoms with Crippen LogP contribution in [0.5, 0.6) is 5.75 Å². The van der Waals surface area contributed by atoms with Crippen molar-refractivity contribution in [2.24, 2.45) is 11.1 Å². The summed E-state index contributed by atoms with van der Waals surface area (Å²) in [5, 5.41) is 10.2. The molecule has 0 amide bonds. The molecule has 0 spiro atoms. The highest BCUT2D eigenvalue weighted by atomic mass is 79.9. The van der Waals surface area contributed by atoms with Gasteiger partial charge >= 0.3 is 0 Å². The van der Waals surface area contributed by atoms with Gasteiger partial charge in [0.1, 0.15) is 5.75 Å². The maximum absolute atomic E-state index is 10.2. The van der Waals surface area contributed by atoms with Crippen molar-refractivity contribution < 1.29 is 9.84 Å². The lowest BCUT2D eigenvalue weighted by atomic mass is 9.78. The van der Waals surface area contributed by atoms with E-state index in [0.29, 0.717) is 6.54 Å². The Kier molecular flexibility index (Phi) is 4.30. The number of aliphatic hydroxyl groups is 1. The number of ether oxygens (including phenoxy) is 1. The molecule has 1 saturated carbocycles. The lowest BCUT2D eigenvalue weighted by Gasteiger charge is -2.31. The van der Waals surface area contributed by atoms with Crippen LogP contribution in [0.3, 0.4) is 0 Å². The number of rotatable bonds is 4. The van der Waals surface area contributed by atoms with Crippen LogP contribution in [0.15, 0.2) is 22.7 Å². The van der Waals surface area contributed by atoms with Crippen LogP contribution in [0, 0.1) is 5.41 Å². The van der Waals surface area contributed by atoms with Gasteiger partial charge in [0.15, 0.2) is 0 Å². The van der Waals surface area contributed by atoms with Crippen LogP contribution in [0.1, 0.15) is 24.8 Å². The lowest BCUT2D eigenvalue weighted by molar-refractivity contribution is 0.0588. The van der Waals surface area contributed by atoms with E-state index in [2.05, 4.69) is 22.0 Å².